The van der Waals surface area contributed by atoms with Crippen molar-refractivity contribution in [2.75, 3.05) is 53.4 Å². The number of carboxylic acids is 1. The standard InChI is InChI=1S/C24H24Cl2N6O4S/c25-17-12-18(26)14-20(13-17)37(35,36)32(15-23(33)34)19-1-2-21-16(11-19)4-8-31(21)24-28-5-3-22(29-24)30-9-6-27-7-10-30/h1-3,5,11-14,27H,4,6-10,15H2,(H,33,34). The summed E-state index contributed by atoms with van der Waals surface area (Å²) in [5, 5.41) is 13.1. The van der Waals surface area contributed by atoms with E-state index in [1.807, 2.05) is 11.0 Å². The molecule has 3 aromatic rings. The third-order valence-corrected chi connectivity index (χ3v) is 8.45. The van der Waals surface area contributed by atoms with Crippen LogP contribution in [0, 0.1) is 0 Å². The van der Waals surface area contributed by atoms with E-state index in [0.29, 0.717) is 18.9 Å². The second-order valence-corrected chi connectivity index (χ2v) is 11.4. The summed E-state index contributed by atoms with van der Waals surface area (Å²) in [5.74, 6) is 0.124. The van der Waals surface area contributed by atoms with Crippen LogP contribution in [0.2, 0.25) is 10.0 Å². The van der Waals surface area contributed by atoms with Crippen molar-refractivity contribution in [3.63, 3.8) is 0 Å². The Labute approximate surface area is 224 Å². The fraction of sp³-hybridized carbons (Fsp3) is 0.292. The summed E-state index contributed by atoms with van der Waals surface area (Å²) >= 11 is 12.0. The lowest BCUT2D eigenvalue weighted by atomic mass is 10.1. The highest BCUT2D eigenvalue weighted by atomic mass is 35.5. The average molecular weight is 563 g/mol. The Bertz CT molecular complexity index is 1430. The first-order valence-electron chi connectivity index (χ1n) is 11.6. The molecule has 0 spiro atoms. The van der Waals surface area contributed by atoms with E-state index < -0.39 is 22.5 Å². The molecule has 194 valence electrons. The van der Waals surface area contributed by atoms with Crippen LogP contribution in [0.3, 0.4) is 0 Å². The van der Waals surface area contributed by atoms with Gasteiger partial charge in [0.1, 0.15) is 12.4 Å². The second kappa shape index (κ2) is 10.3. The molecule has 0 bridgehead atoms. The molecule has 2 aliphatic heterocycles. The molecule has 2 aromatic carbocycles. The third-order valence-electron chi connectivity index (χ3n) is 6.26. The van der Waals surface area contributed by atoms with Gasteiger partial charge in [-0.3, -0.25) is 9.10 Å². The number of aliphatic carboxylic acids is 1. The largest absolute Gasteiger partial charge is 0.480 e. The van der Waals surface area contributed by atoms with Gasteiger partial charge in [0.15, 0.2) is 0 Å². The molecular weight excluding hydrogens is 539 g/mol. The monoisotopic (exact) mass is 562 g/mol. The van der Waals surface area contributed by atoms with E-state index in [4.69, 9.17) is 28.2 Å². The van der Waals surface area contributed by atoms with Crippen LogP contribution in [0.4, 0.5) is 23.1 Å². The van der Waals surface area contributed by atoms with Gasteiger partial charge in [-0.05, 0) is 54.4 Å². The van der Waals surface area contributed by atoms with Gasteiger partial charge in [-0.1, -0.05) is 23.2 Å². The molecule has 0 aliphatic carbocycles. The maximum atomic E-state index is 13.5. The van der Waals surface area contributed by atoms with Gasteiger partial charge in [-0.25, -0.2) is 13.4 Å². The van der Waals surface area contributed by atoms with Crippen molar-refractivity contribution in [3.05, 3.63) is 64.3 Å². The molecule has 1 aromatic heterocycles. The van der Waals surface area contributed by atoms with Crippen molar-refractivity contribution in [2.24, 2.45) is 0 Å². The lowest BCUT2D eigenvalue weighted by Crippen LogP contribution is -2.44. The van der Waals surface area contributed by atoms with Gasteiger partial charge in [-0.15, -0.1) is 0 Å². The summed E-state index contributed by atoms with van der Waals surface area (Å²) < 4.78 is 27.8. The Morgan fingerprint density at radius 2 is 1.78 bits per heavy atom. The van der Waals surface area contributed by atoms with Crippen LogP contribution < -0.4 is 19.4 Å². The molecule has 0 unspecified atom stereocenters. The first kappa shape index (κ1) is 25.5. The zero-order valence-electron chi connectivity index (χ0n) is 19.6. The SMILES string of the molecule is O=C(O)CN(c1ccc2c(c1)CCN2c1nccc(N2CCNCC2)n1)S(=O)(=O)c1cc(Cl)cc(Cl)c1. The fourth-order valence-corrected chi connectivity index (χ4v) is 6.67. The molecule has 37 heavy (non-hydrogen) atoms. The molecule has 3 heterocycles. The number of piperazine rings is 1. The minimum Gasteiger partial charge on any atom is -0.480 e. The Morgan fingerprint density at radius 1 is 1.05 bits per heavy atom. The second-order valence-electron chi connectivity index (χ2n) is 8.68. The highest BCUT2D eigenvalue weighted by Crippen LogP contribution is 2.37. The lowest BCUT2D eigenvalue weighted by Gasteiger charge is -2.29. The van der Waals surface area contributed by atoms with Crippen LogP contribution in [-0.4, -0.2) is 68.7 Å². The first-order valence-corrected chi connectivity index (χ1v) is 13.8. The number of carboxylic acid groups (broad SMARTS) is 1. The Kier molecular flexibility index (Phi) is 7.13. The molecule has 0 saturated carbocycles. The van der Waals surface area contributed by atoms with E-state index in [9.17, 15) is 18.3 Å². The fourth-order valence-electron chi connectivity index (χ4n) is 4.53. The van der Waals surface area contributed by atoms with Gasteiger partial charge in [-0.2, -0.15) is 4.98 Å². The summed E-state index contributed by atoms with van der Waals surface area (Å²) in [7, 11) is -4.26. The molecule has 10 nitrogen and oxygen atoms in total. The van der Waals surface area contributed by atoms with Crippen molar-refractivity contribution < 1.29 is 18.3 Å². The Balaban J connectivity index is 1.47. The predicted octanol–water partition coefficient (Wildman–Crippen LogP) is 3.17. The van der Waals surface area contributed by atoms with Crippen molar-refractivity contribution in [1.29, 1.82) is 0 Å². The maximum absolute atomic E-state index is 13.5. The smallest absolute Gasteiger partial charge is 0.324 e. The number of rotatable bonds is 7. The predicted molar refractivity (Wildman–Crippen MR) is 143 cm³/mol. The van der Waals surface area contributed by atoms with Crippen molar-refractivity contribution in [3.8, 4) is 0 Å². The molecule has 1 saturated heterocycles. The van der Waals surface area contributed by atoms with E-state index in [1.165, 1.54) is 18.2 Å². The molecule has 1 fully saturated rings. The van der Waals surface area contributed by atoms with Crippen molar-refractivity contribution in [1.82, 2.24) is 15.3 Å². The number of carbonyl (C=O) groups is 1. The number of hydrogen-bond acceptors (Lipinski definition) is 8. The topological polar surface area (TPSA) is 119 Å². The third kappa shape index (κ3) is 5.30. The quantitative estimate of drug-likeness (QED) is 0.447. The van der Waals surface area contributed by atoms with Crippen molar-refractivity contribution in [2.45, 2.75) is 11.3 Å². The molecule has 0 atom stereocenters. The summed E-state index contributed by atoms with van der Waals surface area (Å²) in [5.41, 5.74) is 1.94. The number of sulfonamides is 1. The molecule has 2 N–H and O–H groups in total. The van der Waals surface area contributed by atoms with Crippen LogP contribution >= 0.6 is 23.2 Å². The van der Waals surface area contributed by atoms with E-state index in [0.717, 1.165) is 47.6 Å². The number of hydrogen-bond donors (Lipinski definition) is 2. The molecular formula is C24H24Cl2N6O4S. The summed E-state index contributed by atoms with van der Waals surface area (Å²) in [6.07, 6.45) is 2.36. The maximum Gasteiger partial charge on any atom is 0.324 e. The minimum absolute atomic E-state index is 0.133. The number of nitrogens with one attached hydrogen (secondary N) is 1. The minimum atomic E-state index is -4.26. The van der Waals surface area contributed by atoms with Crippen molar-refractivity contribution >= 4 is 62.3 Å². The van der Waals surface area contributed by atoms with E-state index in [2.05, 4.69) is 15.2 Å². The number of aromatic nitrogens is 2. The molecule has 0 radical (unpaired) electrons. The van der Waals surface area contributed by atoms with Crippen LogP contribution in [0.5, 0.6) is 0 Å². The van der Waals surface area contributed by atoms with Crippen LogP contribution in [0.15, 0.2) is 53.6 Å². The normalized spacial score (nSPS) is 15.5. The highest BCUT2D eigenvalue weighted by molar-refractivity contribution is 7.92. The first-order chi connectivity index (χ1) is 17.7. The zero-order valence-corrected chi connectivity index (χ0v) is 22.0. The van der Waals surface area contributed by atoms with Crippen LogP contribution in [0.1, 0.15) is 5.56 Å². The number of halogens is 2. The summed E-state index contributed by atoms with van der Waals surface area (Å²) in [4.78, 5) is 24.9. The lowest BCUT2D eigenvalue weighted by molar-refractivity contribution is -0.135. The molecule has 0 amide bonds. The van der Waals surface area contributed by atoms with Gasteiger partial charge in [0.2, 0.25) is 5.95 Å². The van der Waals surface area contributed by atoms with Gasteiger partial charge in [0.25, 0.3) is 10.0 Å². The number of fused-ring (bicyclic) bond motifs is 1. The van der Waals surface area contributed by atoms with E-state index in [-0.39, 0.29) is 20.6 Å². The zero-order chi connectivity index (χ0) is 26.2. The molecule has 13 heteroatoms. The van der Waals surface area contributed by atoms with Crippen LogP contribution in [0.25, 0.3) is 0 Å². The Hall–Kier alpha value is -3.12. The van der Waals surface area contributed by atoms with E-state index >= 15 is 0 Å². The molecule has 2 aliphatic rings. The van der Waals surface area contributed by atoms with E-state index in [1.54, 1.807) is 24.4 Å². The van der Waals surface area contributed by atoms with Gasteiger partial charge in [0.05, 0.1) is 10.6 Å². The summed E-state index contributed by atoms with van der Waals surface area (Å²) in [6.45, 7) is 3.37. The summed E-state index contributed by atoms with van der Waals surface area (Å²) in [6, 6.07) is 10.9. The molecule has 5 rings (SSSR count). The number of benzene rings is 2. The van der Waals surface area contributed by atoms with Gasteiger partial charge >= 0.3 is 5.97 Å². The average Bonchev–Trinajstić information content (AvgIpc) is 3.30. The highest BCUT2D eigenvalue weighted by Gasteiger charge is 2.30. The van der Waals surface area contributed by atoms with Gasteiger partial charge in [0, 0.05) is 54.7 Å². The van der Waals surface area contributed by atoms with Gasteiger partial charge < -0.3 is 20.2 Å². The Morgan fingerprint density at radius 3 is 2.49 bits per heavy atom. The number of anilines is 4. The number of nitrogens with zero attached hydrogens (tertiary/aromatic N) is 5. The van der Waals surface area contributed by atoms with Crippen LogP contribution in [-0.2, 0) is 21.2 Å².